The molecule has 3 aromatic rings. The highest BCUT2D eigenvalue weighted by Gasteiger charge is 2.35. The molecule has 1 aromatic heterocycles. The quantitative estimate of drug-likeness (QED) is 0.415. The highest BCUT2D eigenvalue weighted by molar-refractivity contribution is 8.18. The molecule has 0 bridgehead atoms. The van der Waals surface area contributed by atoms with Gasteiger partial charge in [-0.1, -0.05) is 18.2 Å². The van der Waals surface area contributed by atoms with Crippen LogP contribution in [0.15, 0.2) is 53.4 Å². The maximum absolute atomic E-state index is 12.9. The van der Waals surface area contributed by atoms with Crippen LogP contribution in [0.2, 0.25) is 0 Å². The summed E-state index contributed by atoms with van der Waals surface area (Å²) in [7, 11) is 0. The van der Waals surface area contributed by atoms with Crippen molar-refractivity contribution in [1.82, 2.24) is 9.47 Å². The standard InChI is InChI=1S/C27H28N2O3S/c1-17-7-6-8-24(13-17)32-12-11-28-26(30)25(33-27(28)31)16-22-15-20(4)29(21(22)5)23-10-9-18(2)19(3)14-23/h6-10,13-16H,11-12H2,1-5H3/b25-16-. The number of aromatic nitrogens is 1. The predicted molar refractivity (Wildman–Crippen MR) is 134 cm³/mol. The summed E-state index contributed by atoms with van der Waals surface area (Å²) in [5.74, 6) is 0.463. The fourth-order valence-electron chi connectivity index (χ4n) is 3.99. The van der Waals surface area contributed by atoms with Gasteiger partial charge in [0.15, 0.2) is 0 Å². The minimum Gasteiger partial charge on any atom is -0.492 e. The molecular weight excluding hydrogens is 432 g/mol. The van der Waals surface area contributed by atoms with Gasteiger partial charge in [-0.2, -0.15) is 0 Å². The van der Waals surface area contributed by atoms with E-state index in [0.717, 1.165) is 45.7 Å². The predicted octanol–water partition coefficient (Wildman–Crippen LogP) is 6.13. The van der Waals surface area contributed by atoms with Crippen LogP contribution in [0, 0.1) is 34.6 Å². The molecule has 0 spiro atoms. The Morgan fingerprint density at radius 3 is 2.45 bits per heavy atom. The van der Waals surface area contributed by atoms with Gasteiger partial charge in [0.25, 0.3) is 11.1 Å². The van der Waals surface area contributed by atoms with Crippen molar-refractivity contribution in [3.05, 3.63) is 87.1 Å². The fraction of sp³-hybridized carbons (Fsp3) is 0.259. The Hall–Kier alpha value is -3.25. The van der Waals surface area contributed by atoms with Crippen molar-refractivity contribution >= 4 is 29.0 Å². The highest BCUT2D eigenvalue weighted by Crippen LogP contribution is 2.34. The third kappa shape index (κ3) is 4.76. The first-order valence-corrected chi connectivity index (χ1v) is 11.8. The van der Waals surface area contributed by atoms with Gasteiger partial charge in [-0.3, -0.25) is 14.5 Å². The molecule has 0 radical (unpaired) electrons. The number of carbonyl (C=O) groups excluding carboxylic acids is 2. The molecule has 1 fully saturated rings. The van der Waals surface area contributed by atoms with Crippen LogP contribution in [0.3, 0.4) is 0 Å². The van der Waals surface area contributed by atoms with Crippen molar-refractivity contribution in [2.75, 3.05) is 13.2 Å². The van der Waals surface area contributed by atoms with Gasteiger partial charge in [-0.05, 0) is 105 Å². The summed E-state index contributed by atoms with van der Waals surface area (Å²) < 4.78 is 7.90. The topological polar surface area (TPSA) is 51.5 Å². The van der Waals surface area contributed by atoms with E-state index in [0.29, 0.717) is 4.91 Å². The van der Waals surface area contributed by atoms with Gasteiger partial charge in [0.2, 0.25) is 0 Å². The molecule has 1 aliphatic heterocycles. The average Bonchev–Trinajstić information content (AvgIpc) is 3.19. The van der Waals surface area contributed by atoms with Crippen LogP contribution >= 0.6 is 11.8 Å². The maximum atomic E-state index is 12.9. The molecule has 0 aliphatic carbocycles. The SMILES string of the molecule is Cc1cccc(OCCN2C(=O)S/C(=C\c3cc(C)n(-c4ccc(C)c(C)c4)c3C)C2=O)c1. The molecule has 0 saturated carbocycles. The molecule has 33 heavy (non-hydrogen) atoms. The zero-order chi connectivity index (χ0) is 23.7. The Morgan fingerprint density at radius 1 is 0.939 bits per heavy atom. The smallest absolute Gasteiger partial charge is 0.293 e. The summed E-state index contributed by atoms with van der Waals surface area (Å²) in [6, 6.07) is 16.2. The molecular formula is C27H28N2O3S. The van der Waals surface area contributed by atoms with E-state index in [1.54, 1.807) is 0 Å². The Labute approximate surface area is 199 Å². The van der Waals surface area contributed by atoms with E-state index in [2.05, 4.69) is 42.7 Å². The normalized spacial score (nSPS) is 15.1. The Kier molecular flexibility index (Phi) is 6.47. The molecule has 2 amide bonds. The summed E-state index contributed by atoms with van der Waals surface area (Å²) in [6.45, 7) is 10.8. The Balaban J connectivity index is 1.51. The van der Waals surface area contributed by atoms with Crippen LogP contribution in [0.5, 0.6) is 5.75 Å². The van der Waals surface area contributed by atoms with Crippen molar-refractivity contribution in [1.29, 1.82) is 0 Å². The van der Waals surface area contributed by atoms with Gasteiger partial charge in [0.1, 0.15) is 12.4 Å². The van der Waals surface area contributed by atoms with Crippen LogP contribution in [0.1, 0.15) is 33.6 Å². The number of thioether (sulfide) groups is 1. The largest absolute Gasteiger partial charge is 0.492 e. The zero-order valence-corrected chi connectivity index (χ0v) is 20.5. The molecule has 6 heteroatoms. The number of hydrogen-bond donors (Lipinski definition) is 0. The van der Waals surface area contributed by atoms with E-state index in [9.17, 15) is 9.59 Å². The highest BCUT2D eigenvalue weighted by atomic mass is 32.2. The third-order valence-corrected chi connectivity index (χ3v) is 6.86. The number of ether oxygens (including phenoxy) is 1. The lowest BCUT2D eigenvalue weighted by molar-refractivity contribution is -0.123. The molecule has 1 aliphatic rings. The van der Waals surface area contributed by atoms with Crippen LogP contribution in [0.25, 0.3) is 11.8 Å². The number of amides is 2. The van der Waals surface area contributed by atoms with Gasteiger partial charge in [0.05, 0.1) is 11.4 Å². The van der Waals surface area contributed by atoms with Crippen molar-refractivity contribution in [2.45, 2.75) is 34.6 Å². The van der Waals surface area contributed by atoms with E-state index in [1.165, 1.54) is 16.0 Å². The summed E-state index contributed by atoms with van der Waals surface area (Å²) in [5, 5.41) is -0.262. The molecule has 2 aromatic carbocycles. The lowest BCUT2D eigenvalue weighted by Gasteiger charge is -2.13. The molecule has 0 N–H and O–H groups in total. The average molecular weight is 461 g/mol. The number of nitrogens with zero attached hydrogens (tertiary/aromatic N) is 2. The minimum atomic E-state index is -0.270. The lowest BCUT2D eigenvalue weighted by Crippen LogP contribution is -2.32. The maximum Gasteiger partial charge on any atom is 0.293 e. The van der Waals surface area contributed by atoms with Crippen molar-refractivity contribution in [2.24, 2.45) is 0 Å². The lowest BCUT2D eigenvalue weighted by atomic mass is 10.1. The molecule has 1 saturated heterocycles. The number of carbonyl (C=O) groups is 2. The minimum absolute atomic E-state index is 0.220. The third-order valence-electron chi connectivity index (χ3n) is 5.95. The zero-order valence-electron chi connectivity index (χ0n) is 19.6. The summed E-state index contributed by atoms with van der Waals surface area (Å²) >= 11 is 0.983. The molecule has 0 atom stereocenters. The number of rotatable bonds is 6. The van der Waals surface area contributed by atoms with E-state index >= 15 is 0 Å². The Morgan fingerprint density at radius 2 is 1.73 bits per heavy atom. The second-order valence-corrected chi connectivity index (χ2v) is 9.42. The van der Waals surface area contributed by atoms with Gasteiger partial charge in [-0.15, -0.1) is 0 Å². The number of imide groups is 1. The number of benzene rings is 2. The van der Waals surface area contributed by atoms with Crippen molar-refractivity contribution in [3.8, 4) is 11.4 Å². The van der Waals surface area contributed by atoms with Gasteiger partial charge < -0.3 is 9.30 Å². The van der Waals surface area contributed by atoms with Crippen LogP contribution in [0.4, 0.5) is 4.79 Å². The summed E-state index contributed by atoms with van der Waals surface area (Å²) in [4.78, 5) is 27.1. The monoisotopic (exact) mass is 460 g/mol. The Bertz CT molecular complexity index is 1270. The van der Waals surface area contributed by atoms with Crippen LogP contribution in [-0.4, -0.2) is 33.8 Å². The number of aryl methyl sites for hydroxylation is 4. The summed E-state index contributed by atoms with van der Waals surface area (Å²) in [5.41, 5.74) is 7.72. The molecule has 170 valence electrons. The van der Waals surface area contributed by atoms with Gasteiger partial charge in [0, 0.05) is 17.1 Å². The van der Waals surface area contributed by atoms with Crippen LogP contribution < -0.4 is 4.74 Å². The molecule has 5 nitrogen and oxygen atoms in total. The second kappa shape index (κ2) is 9.32. The number of hydrogen-bond acceptors (Lipinski definition) is 4. The molecule has 4 rings (SSSR count). The molecule has 0 unspecified atom stereocenters. The van der Waals surface area contributed by atoms with E-state index in [1.807, 2.05) is 51.1 Å². The van der Waals surface area contributed by atoms with Gasteiger partial charge in [-0.25, -0.2) is 0 Å². The first-order chi connectivity index (χ1) is 15.7. The first kappa shape index (κ1) is 22.9. The summed E-state index contributed by atoms with van der Waals surface area (Å²) in [6.07, 6.45) is 1.83. The van der Waals surface area contributed by atoms with Gasteiger partial charge >= 0.3 is 0 Å². The second-order valence-electron chi connectivity index (χ2n) is 8.43. The van der Waals surface area contributed by atoms with E-state index in [4.69, 9.17) is 4.74 Å². The van der Waals surface area contributed by atoms with Crippen LogP contribution in [-0.2, 0) is 4.79 Å². The van der Waals surface area contributed by atoms with E-state index < -0.39 is 0 Å². The van der Waals surface area contributed by atoms with Crippen molar-refractivity contribution < 1.29 is 14.3 Å². The van der Waals surface area contributed by atoms with Crippen molar-refractivity contribution in [3.63, 3.8) is 0 Å². The van der Waals surface area contributed by atoms with E-state index in [-0.39, 0.29) is 24.3 Å². The fourth-order valence-corrected chi connectivity index (χ4v) is 4.85. The molecule has 2 heterocycles. The first-order valence-electron chi connectivity index (χ1n) is 11.0.